The van der Waals surface area contributed by atoms with Crippen molar-refractivity contribution in [1.82, 2.24) is 5.43 Å². The fourth-order valence-corrected chi connectivity index (χ4v) is 2.50. The number of anilines is 2. The Hall–Kier alpha value is -2.79. The molecule has 2 amide bonds. The topological polar surface area (TPSA) is 52.7 Å². The first-order valence-corrected chi connectivity index (χ1v) is 7.36. The average Bonchev–Trinajstić information content (AvgIpc) is 2.80. The Bertz CT molecular complexity index is 775. The highest BCUT2D eigenvalue weighted by atomic mass is 35.5. The second-order valence-corrected chi connectivity index (χ2v) is 5.35. The number of carbonyl (C=O) groups is 2. The molecule has 1 aliphatic rings. The van der Waals surface area contributed by atoms with E-state index < -0.39 is 11.8 Å². The predicted octanol–water partition coefficient (Wildman–Crippen LogP) is 2.65. The Morgan fingerprint density at radius 1 is 0.913 bits per heavy atom. The van der Waals surface area contributed by atoms with Gasteiger partial charge < -0.3 is 0 Å². The molecule has 1 heterocycles. The lowest BCUT2D eigenvalue weighted by Gasteiger charge is -2.22. The van der Waals surface area contributed by atoms with Gasteiger partial charge in [-0.15, -0.1) is 0 Å². The fourth-order valence-electron chi connectivity index (χ4n) is 2.30. The van der Waals surface area contributed by atoms with E-state index in [0.717, 1.165) is 10.6 Å². The van der Waals surface area contributed by atoms with Gasteiger partial charge in [0, 0.05) is 7.05 Å². The predicted molar refractivity (Wildman–Crippen MR) is 89.8 cm³/mol. The van der Waals surface area contributed by atoms with Crippen LogP contribution in [0.2, 0.25) is 0 Å². The summed E-state index contributed by atoms with van der Waals surface area (Å²) in [5.74, 6) is -1.01. The van der Waals surface area contributed by atoms with E-state index in [4.69, 9.17) is 11.6 Å². The number of para-hydroxylation sites is 2. The Kier molecular flexibility index (Phi) is 4.04. The van der Waals surface area contributed by atoms with E-state index in [1.165, 1.54) is 0 Å². The van der Waals surface area contributed by atoms with Crippen LogP contribution in [0.5, 0.6) is 0 Å². The monoisotopic (exact) mass is 327 g/mol. The lowest BCUT2D eigenvalue weighted by Crippen LogP contribution is -2.39. The highest BCUT2D eigenvalue weighted by molar-refractivity contribution is 6.52. The molecule has 0 radical (unpaired) electrons. The Morgan fingerprint density at radius 2 is 1.48 bits per heavy atom. The molecule has 2 aromatic rings. The number of hydrogen-bond donors (Lipinski definition) is 1. The lowest BCUT2D eigenvalue weighted by molar-refractivity contribution is -0.120. The molecule has 0 saturated carbocycles. The van der Waals surface area contributed by atoms with E-state index in [-0.39, 0.29) is 10.7 Å². The van der Waals surface area contributed by atoms with Crippen molar-refractivity contribution in [2.45, 2.75) is 0 Å². The lowest BCUT2D eigenvalue weighted by atomic mass is 10.3. The van der Waals surface area contributed by atoms with Gasteiger partial charge in [0.15, 0.2) is 0 Å². The standard InChI is InChI=1S/C17H14ClN3O2/c1-20(12-8-4-2-5-9-12)19-15-14(18)16(22)21(17(15)23)13-10-6-3-7-11-13/h2-11,19H,1H3. The van der Waals surface area contributed by atoms with Crippen molar-refractivity contribution in [2.24, 2.45) is 0 Å². The Labute approximate surface area is 138 Å². The number of carbonyl (C=O) groups excluding carboxylic acids is 2. The first-order chi connectivity index (χ1) is 11.1. The van der Waals surface area contributed by atoms with Gasteiger partial charge in [-0.25, -0.2) is 4.90 Å². The van der Waals surface area contributed by atoms with Crippen LogP contribution < -0.4 is 15.3 Å². The molecule has 0 fully saturated rings. The van der Waals surface area contributed by atoms with Gasteiger partial charge in [-0.3, -0.25) is 20.0 Å². The molecule has 0 atom stereocenters. The second-order valence-electron chi connectivity index (χ2n) is 4.98. The van der Waals surface area contributed by atoms with E-state index in [0.29, 0.717) is 5.69 Å². The zero-order valence-electron chi connectivity index (χ0n) is 12.4. The van der Waals surface area contributed by atoms with Crippen molar-refractivity contribution in [1.29, 1.82) is 0 Å². The van der Waals surface area contributed by atoms with Gasteiger partial charge in [0.05, 0.1) is 11.4 Å². The van der Waals surface area contributed by atoms with Crippen molar-refractivity contribution in [3.05, 3.63) is 71.4 Å². The van der Waals surface area contributed by atoms with Crippen molar-refractivity contribution in [3.63, 3.8) is 0 Å². The molecular formula is C17H14ClN3O2. The molecule has 0 saturated heterocycles. The summed E-state index contributed by atoms with van der Waals surface area (Å²) in [5.41, 5.74) is 4.28. The van der Waals surface area contributed by atoms with Gasteiger partial charge in [-0.05, 0) is 24.3 Å². The molecule has 0 aliphatic carbocycles. The Balaban J connectivity index is 1.86. The Morgan fingerprint density at radius 3 is 2.09 bits per heavy atom. The number of benzene rings is 2. The SMILES string of the molecule is CN(NC1=C(Cl)C(=O)N(c2ccccc2)C1=O)c1ccccc1. The molecule has 0 aromatic heterocycles. The van der Waals surface area contributed by atoms with Crippen molar-refractivity contribution in [3.8, 4) is 0 Å². The molecule has 1 N–H and O–H groups in total. The van der Waals surface area contributed by atoms with Crippen molar-refractivity contribution in [2.75, 3.05) is 17.0 Å². The first-order valence-electron chi connectivity index (χ1n) is 6.98. The third kappa shape index (κ3) is 2.78. The highest BCUT2D eigenvalue weighted by Crippen LogP contribution is 2.28. The van der Waals surface area contributed by atoms with Gasteiger partial charge >= 0.3 is 0 Å². The molecule has 2 aromatic carbocycles. The van der Waals surface area contributed by atoms with Crippen LogP contribution in [-0.4, -0.2) is 18.9 Å². The number of rotatable bonds is 4. The smallest absolute Gasteiger partial charge is 0.285 e. The number of amides is 2. The number of imide groups is 1. The summed E-state index contributed by atoms with van der Waals surface area (Å²) in [6.07, 6.45) is 0. The molecule has 3 rings (SSSR count). The zero-order valence-corrected chi connectivity index (χ0v) is 13.1. The number of nitrogens with one attached hydrogen (secondary N) is 1. The zero-order chi connectivity index (χ0) is 16.4. The summed E-state index contributed by atoms with van der Waals surface area (Å²) >= 11 is 6.08. The maximum absolute atomic E-state index is 12.6. The second kappa shape index (κ2) is 6.14. The van der Waals surface area contributed by atoms with Gasteiger partial charge in [0.1, 0.15) is 10.7 Å². The summed E-state index contributed by atoms with van der Waals surface area (Å²) in [6, 6.07) is 18.1. The maximum Gasteiger partial charge on any atom is 0.285 e. The van der Waals surface area contributed by atoms with Crippen LogP contribution in [0, 0.1) is 0 Å². The minimum Gasteiger partial charge on any atom is -0.292 e. The molecule has 1 aliphatic heterocycles. The summed E-state index contributed by atoms with van der Waals surface area (Å²) in [6.45, 7) is 0. The largest absolute Gasteiger partial charge is 0.292 e. The molecular weight excluding hydrogens is 314 g/mol. The minimum atomic E-state index is -0.535. The first kappa shape index (κ1) is 15.1. The van der Waals surface area contributed by atoms with Crippen molar-refractivity contribution < 1.29 is 9.59 Å². The number of halogens is 1. The summed E-state index contributed by atoms with van der Waals surface area (Å²) in [5, 5.41) is 1.51. The summed E-state index contributed by atoms with van der Waals surface area (Å²) in [4.78, 5) is 25.9. The number of hydrazine groups is 1. The van der Waals surface area contributed by atoms with Crippen LogP contribution >= 0.6 is 11.6 Å². The maximum atomic E-state index is 12.6. The molecule has 116 valence electrons. The molecule has 0 bridgehead atoms. The van der Waals surface area contributed by atoms with E-state index in [2.05, 4.69) is 5.43 Å². The van der Waals surface area contributed by atoms with Gasteiger partial charge in [0.2, 0.25) is 0 Å². The third-order valence-electron chi connectivity index (χ3n) is 3.46. The van der Waals surface area contributed by atoms with Gasteiger partial charge in [-0.2, -0.15) is 0 Å². The van der Waals surface area contributed by atoms with Crippen molar-refractivity contribution >= 4 is 34.8 Å². The van der Waals surface area contributed by atoms with Gasteiger partial charge in [-0.1, -0.05) is 48.0 Å². The van der Waals surface area contributed by atoms with Crippen LogP contribution in [0.15, 0.2) is 71.4 Å². The number of hydrogen-bond acceptors (Lipinski definition) is 4. The van der Waals surface area contributed by atoms with Gasteiger partial charge in [0.25, 0.3) is 11.8 Å². The van der Waals surface area contributed by atoms with Crippen LogP contribution in [0.25, 0.3) is 0 Å². The normalized spacial score (nSPS) is 14.4. The molecule has 6 heteroatoms. The molecule has 5 nitrogen and oxygen atoms in total. The molecule has 23 heavy (non-hydrogen) atoms. The summed E-state index contributed by atoms with van der Waals surface area (Å²) in [7, 11) is 1.75. The number of nitrogens with zero attached hydrogens (tertiary/aromatic N) is 2. The van der Waals surface area contributed by atoms with E-state index in [9.17, 15) is 9.59 Å². The summed E-state index contributed by atoms with van der Waals surface area (Å²) < 4.78 is 0. The van der Waals surface area contributed by atoms with Crippen LogP contribution in [-0.2, 0) is 9.59 Å². The van der Waals surface area contributed by atoms with Crippen LogP contribution in [0.3, 0.4) is 0 Å². The average molecular weight is 328 g/mol. The third-order valence-corrected chi connectivity index (χ3v) is 3.82. The quantitative estimate of drug-likeness (QED) is 0.693. The molecule has 0 spiro atoms. The minimum absolute atomic E-state index is 0.0619. The van der Waals surface area contributed by atoms with E-state index in [1.807, 2.05) is 36.4 Å². The highest BCUT2D eigenvalue weighted by Gasteiger charge is 2.39. The van der Waals surface area contributed by atoms with E-state index >= 15 is 0 Å². The molecule has 0 unspecified atom stereocenters. The van der Waals surface area contributed by atoms with Crippen LogP contribution in [0.1, 0.15) is 0 Å². The van der Waals surface area contributed by atoms with Crippen LogP contribution in [0.4, 0.5) is 11.4 Å². The van der Waals surface area contributed by atoms with E-state index in [1.54, 1.807) is 36.3 Å². The fraction of sp³-hybridized carbons (Fsp3) is 0.0588.